The highest BCUT2D eigenvalue weighted by Gasteiger charge is 2.07. The molecule has 0 saturated carbocycles. The molecule has 1 rings (SSSR count). The van der Waals surface area contributed by atoms with Gasteiger partial charge in [-0.3, -0.25) is 0 Å². The van der Waals surface area contributed by atoms with E-state index in [4.69, 9.17) is 0 Å². The van der Waals surface area contributed by atoms with Gasteiger partial charge in [0.2, 0.25) is 0 Å². The minimum Gasteiger partial charge on any atom is -0.207 e. The molecule has 0 saturated heterocycles. The Hall–Kier alpha value is -0.500. The summed E-state index contributed by atoms with van der Waals surface area (Å²) in [6, 6.07) is 5.30. The second kappa shape index (κ2) is 5.55. The predicted octanol–water partition coefficient (Wildman–Crippen LogP) is 4.41. The van der Waals surface area contributed by atoms with Gasteiger partial charge in [0.25, 0.3) is 0 Å². The second-order valence-electron chi connectivity index (χ2n) is 4.46. The van der Waals surface area contributed by atoms with E-state index in [1.807, 2.05) is 19.1 Å². The Morgan fingerprint density at radius 3 is 2.47 bits per heavy atom. The molecule has 84 valence electrons. The molecule has 0 aliphatic carbocycles. The summed E-state index contributed by atoms with van der Waals surface area (Å²) in [6.07, 6.45) is 1.85. The lowest BCUT2D eigenvalue weighted by molar-refractivity contribution is 0.557. The maximum absolute atomic E-state index is 13.5. The highest BCUT2D eigenvalue weighted by Crippen LogP contribution is 2.22. The highest BCUT2D eigenvalue weighted by molar-refractivity contribution is 7.80. The molecule has 1 atom stereocenters. The van der Waals surface area contributed by atoms with E-state index in [1.54, 1.807) is 6.07 Å². The lowest BCUT2D eigenvalue weighted by atomic mass is 10.00. The third kappa shape index (κ3) is 3.86. The number of thiol groups is 1. The average Bonchev–Trinajstić information content (AvgIpc) is 2.16. The third-order valence-electron chi connectivity index (χ3n) is 2.54. The van der Waals surface area contributed by atoms with Gasteiger partial charge in [-0.25, -0.2) is 4.39 Å². The molecule has 1 aromatic carbocycles. The summed E-state index contributed by atoms with van der Waals surface area (Å²) in [5, 5.41) is 0.170. The zero-order valence-corrected chi connectivity index (χ0v) is 10.5. The maximum atomic E-state index is 13.5. The number of halogens is 1. The second-order valence-corrected chi connectivity index (χ2v) is 5.23. The number of hydrogen-bond acceptors (Lipinski definition) is 1. The van der Waals surface area contributed by atoms with E-state index in [2.05, 4.69) is 26.5 Å². The van der Waals surface area contributed by atoms with E-state index in [0.29, 0.717) is 5.92 Å². The van der Waals surface area contributed by atoms with Crippen LogP contribution in [0.2, 0.25) is 0 Å². The normalized spacial score (nSPS) is 13.2. The van der Waals surface area contributed by atoms with Crippen molar-refractivity contribution in [2.45, 2.75) is 38.9 Å². The number of benzene rings is 1. The first kappa shape index (κ1) is 12.6. The molecule has 0 nitrogen and oxygen atoms in total. The summed E-state index contributed by atoms with van der Waals surface area (Å²) >= 11 is 4.36. The van der Waals surface area contributed by atoms with Crippen molar-refractivity contribution in [2.24, 2.45) is 5.92 Å². The lowest BCUT2D eigenvalue weighted by Gasteiger charge is -2.10. The summed E-state index contributed by atoms with van der Waals surface area (Å²) in [5.74, 6) is 0.523. The zero-order valence-electron chi connectivity index (χ0n) is 9.63. The van der Waals surface area contributed by atoms with Crippen LogP contribution in [-0.4, -0.2) is 0 Å². The van der Waals surface area contributed by atoms with Crippen molar-refractivity contribution in [1.29, 1.82) is 0 Å². The maximum Gasteiger partial charge on any atom is 0.126 e. The first-order valence-electron chi connectivity index (χ1n) is 5.47. The van der Waals surface area contributed by atoms with Gasteiger partial charge in [-0.15, -0.1) is 0 Å². The van der Waals surface area contributed by atoms with Crippen LogP contribution in [0.3, 0.4) is 0 Å². The van der Waals surface area contributed by atoms with E-state index < -0.39 is 0 Å². The van der Waals surface area contributed by atoms with Crippen LogP contribution in [0.5, 0.6) is 0 Å². The molecule has 0 aliphatic rings. The number of hydrogen-bond donors (Lipinski definition) is 1. The Bertz CT molecular complexity index is 318. The Morgan fingerprint density at radius 2 is 1.93 bits per heavy atom. The molecule has 1 unspecified atom stereocenters. The molecule has 0 amide bonds. The van der Waals surface area contributed by atoms with Crippen molar-refractivity contribution in [2.75, 3.05) is 0 Å². The van der Waals surface area contributed by atoms with E-state index in [-0.39, 0.29) is 11.1 Å². The van der Waals surface area contributed by atoms with E-state index in [0.717, 1.165) is 24.0 Å². The highest BCUT2D eigenvalue weighted by atomic mass is 32.1. The van der Waals surface area contributed by atoms with Crippen LogP contribution in [0.4, 0.5) is 4.39 Å². The Kier molecular flexibility index (Phi) is 4.65. The number of rotatable bonds is 4. The van der Waals surface area contributed by atoms with Crippen molar-refractivity contribution in [1.82, 2.24) is 0 Å². The standard InChI is InChI=1S/C13H19FS/c1-9(2)4-5-12-8-11(10(3)15)6-7-13(12)14/h6-10,15H,4-5H2,1-3H3. The monoisotopic (exact) mass is 226 g/mol. The van der Waals surface area contributed by atoms with Crippen molar-refractivity contribution < 1.29 is 4.39 Å². The number of aryl methyl sites for hydroxylation is 1. The molecule has 0 spiro atoms. The molecule has 1 aromatic rings. The molecular formula is C13H19FS. The first-order valence-corrected chi connectivity index (χ1v) is 5.98. The van der Waals surface area contributed by atoms with Crippen LogP contribution in [0.15, 0.2) is 18.2 Å². The van der Waals surface area contributed by atoms with Crippen LogP contribution < -0.4 is 0 Å². The largest absolute Gasteiger partial charge is 0.207 e. The quantitative estimate of drug-likeness (QED) is 0.723. The van der Waals surface area contributed by atoms with Crippen LogP contribution in [-0.2, 0) is 6.42 Å². The van der Waals surface area contributed by atoms with Crippen LogP contribution >= 0.6 is 12.6 Å². The fourth-order valence-corrected chi connectivity index (χ4v) is 1.65. The van der Waals surface area contributed by atoms with Crippen molar-refractivity contribution in [3.63, 3.8) is 0 Å². The van der Waals surface area contributed by atoms with Gasteiger partial charge in [0, 0.05) is 5.25 Å². The molecule has 0 aliphatic heterocycles. The van der Waals surface area contributed by atoms with Crippen molar-refractivity contribution >= 4 is 12.6 Å². The first-order chi connectivity index (χ1) is 7.00. The fraction of sp³-hybridized carbons (Fsp3) is 0.538. The Morgan fingerprint density at radius 1 is 1.27 bits per heavy atom. The molecule has 0 N–H and O–H groups in total. The molecule has 0 aromatic heterocycles. The Balaban J connectivity index is 2.81. The van der Waals surface area contributed by atoms with Gasteiger partial charge >= 0.3 is 0 Å². The summed E-state index contributed by atoms with van der Waals surface area (Å²) < 4.78 is 13.5. The SMILES string of the molecule is CC(C)CCc1cc(C(C)S)ccc1F. The third-order valence-corrected chi connectivity index (χ3v) is 2.84. The molecule has 15 heavy (non-hydrogen) atoms. The summed E-state index contributed by atoms with van der Waals surface area (Å²) in [7, 11) is 0. The molecular weight excluding hydrogens is 207 g/mol. The van der Waals surface area contributed by atoms with Gasteiger partial charge < -0.3 is 0 Å². The van der Waals surface area contributed by atoms with Gasteiger partial charge in [0.05, 0.1) is 0 Å². The van der Waals surface area contributed by atoms with E-state index >= 15 is 0 Å². The van der Waals surface area contributed by atoms with Gasteiger partial charge in [-0.1, -0.05) is 26.0 Å². The minimum atomic E-state index is -0.0895. The van der Waals surface area contributed by atoms with Crippen LogP contribution in [0, 0.1) is 11.7 Å². The van der Waals surface area contributed by atoms with E-state index in [9.17, 15) is 4.39 Å². The predicted molar refractivity (Wildman–Crippen MR) is 67.0 cm³/mol. The van der Waals surface area contributed by atoms with E-state index in [1.165, 1.54) is 0 Å². The van der Waals surface area contributed by atoms with Gasteiger partial charge in [-0.2, -0.15) is 12.6 Å². The average molecular weight is 226 g/mol. The smallest absolute Gasteiger partial charge is 0.126 e. The molecule has 0 fully saturated rings. The molecule has 0 bridgehead atoms. The molecule has 0 heterocycles. The molecule has 2 heteroatoms. The summed E-state index contributed by atoms with van der Waals surface area (Å²) in [5.41, 5.74) is 1.92. The minimum absolute atomic E-state index is 0.0895. The fourth-order valence-electron chi connectivity index (χ4n) is 1.49. The van der Waals surface area contributed by atoms with Crippen molar-refractivity contribution in [3.8, 4) is 0 Å². The molecule has 0 radical (unpaired) electrons. The van der Waals surface area contributed by atoms with Crippen LogP contribution in [0.1, 0.15) is 43.6 Å². The summed E-state index contributed by atoms with van der Waals surface area (Å²) in [6.45, 7) is 6.31. The van der Waals surface area contributed by atoms with Crippen LogP contribution in [0.25, 0.3) is 0 Å². The summed E-state index contributed by atoms with van der Waals surface area (Å²) in [4.78, 5) is 0. The van der Waals surface area contributed by atoms with Crippen molar-refractivity contribution in [3.05, 3.63) is 35.1 Å². The van der Waals surface area contributed by atoms with Gasteiger partial charge in [-0.05, 0) is 42.9 Å². The van der Waals surface area contributed by atoms with Gasteiger partial charge in [0.1, 0.15) is 5.82 Å². The topological polar surface area (TPSA) is 0 Å². The lowest BCUT2D eigenvalue weighted by Crippen LogP contribution is -1.97. The zero-order chi connectivity index (χ0) is 11.4. The van der Waals surface area contributed by atoms with Gasteiger partial charge in [0.15, 0.2) is 0 Å². The Labute approximate surface area is 97.3 Å².